The Morgan fingerprint density at radius 2 is 2.25 bits per heavy atom. The van der Waals surface area contributed by atoms with E-state index in [1.165, 1.54) is 12.0 Å². The van der Waals surface area contributed by atoms with Crippen molar-refractivity contribution in [2.75, 3.05) is 6.54 Å². The van der Waals surface area contributed by atoms with Gasteiger partial charge in [0.25, 0.3) is 0 Å². The van der Waals surface area contributed by atoms with Crippen molar-refractivity contribution >= 4 is 33.9 Å². The topological polar surface area (TPSA) is 33.5 Å². The van der Waals surface area contributed by atoms with Gasteiger partial charge in [0.2, 0.25) is 0 Å². The molecular weight excluding hydrogens is 342 g/mol. The molecule has 0 spiro atoms. The van der Waals surface area contributed by atoms with Gasteiger partial charge >= 0.3 is 5.63 Å². The van der Waals surface area contributed by atoms with Gasteiger partial charge in [0.15, 0.2) is 0 Å². The number of fused-ring (bicyclic) bond motifs is 1. The fourth-order valence-electron chi connectivity index (χ4n) is 3.56. The summed E-state index contributed by atoms with van der Waals surface area (Å²) in [6.07, 6.45) is 2.34. The van der Waals surface area contributed by atoms with Crippen LogP contribution in [0.15, 0.2) is 44.2 Å². The first kappa shape index (κ1) is 15.9. The summed E-state index contributed by atoms with van der Waals surface area (Å²) in [5.41, 5.74) is 3.60. The predicted molar refractivity (Wildman–Crippen MR) is 98.9 cm³/mol. The van der Waals surface area contributed by atoms with Crippen LogP contribution in [-0.2, 0) is 6.54 Å². The van der Waals surface area contributed by atoms with E-state index in [1.807, 2.05) is 19.1 Å². The van der Waals surface area contributed by atoms with Crippen LogP contribution in [0.1, 0.15) is 35.6 Å². The van der Waals surface area contributed by atoms with Gasteiger partial charge in [0.1, 0.15) is 5.58 Å². The van der Waals surface area contributed by atoms with E-state index in [4.69, 9.17) is 16.0 Å². The second kappa shape index (κ2) is 6.36. The highest BCUT2D eigenvalue weighted by Crippen LogP contribution is 2.35. The standard InChI is InChI=1S/C19H18ClNO2S/c1-12-7-18-15(9-16(12)20)14(8-19(22)23-18)10-21-5-2-3-17(21)13-4-6-24-11-13/h4,6-9,11,17H,2-3,5,10H2,1H3/t17-/m0/s1. The molecule has 0 N–H and O–H groups in total. The van der Waals surface area contributed by atoms with Crippen LogP contribution >= 0.6 is 22.9 Å². The van der Waals surface area contributed by atoms with Crippen LogP contribution in [0, 0.1) is 6.92 Å². The Morgan fingerprint density at radius 1 is 1.38 bits per heavy atom. The van der Waals surface area contributed by atoms with Gasteiger partial charge < -0.3 is 4.42 Å². The maximum absolute atomic E-state index is 12.0. The molecule has 1 fully saturated rings. The SMILES string of the molecule is Cc1cc2oc(=O)cc(CN3CCC[C@H]3c3ccsc3)c2cc1Cl. The van der Waals surface area contributed by atoms with Crippen molar-refractivity contribution in [3.8, 4) is 0 Å². The summed E-state index contributed by atoms with van der Waals surface area (Å²) in [4.78, 5) is 14.4. The molecule has 3 aromatic rings. The maximum atomic E-state index is 12.0. The Labute approximate surface area is 149 Å². The third-order valence-corrected chi connectivity index (χ3v) is 5.88. The number of aryl methyl sites for hydroxylation is 1. The molecule has 0 amide bonds. The lowest BCUT2D eigenvalue weighted by atomic mass is 10.1. The molecule has 0 unspecified atom stereocenters. The van der Waals surface area contributed by atoms with Crippen LogP contribution in [-0.4, -0.2) is 11.4 Å². The summed E-state index contributed by atoms with van der Waals surface area (Å²) < 4.78 is 5.37. The van der Waals surface area contributed by atoms with Crippen LogP contribution in [0.4, 0.5) is 0 Å². The van der Waals surface area contributed by atoms with Crippen molar-refractivity contribution in [3.05, 3.63) is 67.2 Å². The summed E-state index contributed by atoms with van der Waals surface area (Å²) in [5.74, 6) is 0. The molecule has 1 aliphatic rings. The molecule has 1 atom stereocenters. The Morgan fingerprint density at radius 3 is 3.04 bits per heavy atom. The predicted octanol–water partition coefficient (Wildman–Crippen LogP) is 5.15. The zero-order valence-corrected chi connectivity index (χ0v) is 15.0. The number of hydrogen-bond acceptors (Lipinski definition) is 4. The molecule has 1 saturated heterocycles. The van der Waals surface area contributed by atoms with E-state index in [-0.39, 0.29) is 5.63 Å². The highest BCUT2D eigenvalue weighted by molar-refractivity contribution is 7.07. The van der Waals surface area contributed by atoms with E-state index >= 15 is 0 Å². The molecule has 0 saturated carbocycles. The Kier molecular flexibility index (Phi) is 4.21. The van der Waals surface area contributed by atoms with Gasteiger partial charge in [-0.3, -0.25) is 4.90 Å². The summed E-state index contributed by atoms with van der Waals surface area (Å²) in [6, 6.07) is 8.00. The first-order chi connectivity index (χ1) is 11.6. The Bertz CT molecular complexity index is 932. The maximum Gasteiger partial charge on any atom is 0.336 e. The molecule has 5 heteroatoms. The monoisotopic (exact) mass is 359 g/mol. The summed E-state index contributed by atoms with van der Waals surface area (Å²) in [6.45, 7) is 3.70. The van der Waals surface area contributed by atoms with Crippen molar-refractivity contribution in [2.24, 2.45) is 0 Å². The number of hydrogen-bond donors (Lipinski definition) is 0. The molecule has 0 bridgehead atoms. The minimum absolute atomic E-state index is 0.300. The molecule has 24 heavy (non-hydrogen) atoms. The van der Waals surface area contributed by atoms with Gasteiger partial charge in [0.05, 0.1) is 0 Å². The smallest absolute Gasteiger partial charge is 0.336 e. The van der Waals surface area contributed by atoms with E-state index in [0.717, 1.165) is 36.0 Å². The molecule has 1 aromatic carbocycles. The molecular formula is C19H18ClNO2S. The summed E-state index contributed by atoms with van der Waals surface area (Å²) in [5, 5.41) is 5.98. The summed E-state index contributed by atoms with van der Waals surface area (Å²) in [7, 11) is 0. The number of rotatable bonds is 3. The molecule has 1 aliphatic heterocycles. The lowest BCUT2D eigenvalue weighted by Gasteiger charge is -2.24. The normalized spacial score (nSPS) is 18.5. The lowest BCUT2D eigenvalue weighted by Crippen LogP contribution is -2.23. The van der Waals surface area contributed by atoms with Crippen LogP contribution in [0.25, 0.3) is 11.0 Å². The second-order valence-electron chi connectivity index (χ2n) is 6.37. The lowest BCUT2D eigenvalue weighted by molar-refractivity contribution is 0.249. The molecule has 0 radical (unpaired) electrons. The molecule has 2 aromatic heterocycles. The number of halogens is 1. The highest BCUT2D eigenvalue weighted by atomic mass is 35.5. The molecule has 4 rings (SSSR count). The third-order valence-electron chi connectivity index (χ3n) is 4.77. The van der Waals surface area contributed by atoms with Gasteiger partial charge in [-0.05, 0) is 72.0 Å². The number of likely N-dealkylation sites (tertiary alicyclic amines) is 1. The zero-order valence-electron chi connectivity index (χ0n) is 13.4. The number of benzene rings is 1. The molecule has 3 nitrogen and oxygen atoms in total. The average Bonchev–Trinajstić information content (AvgIpc) is 3.20. The van der Waals surface area contributed by atoms with Crippen molar-refractivity contribution in [2.45, 2.75) is 32.4 Å². The van der Waals surface area contributed by atoms with Crippen molar-refractivity contribution in [1.82, 2.24) is 4.90 Å². The van der Waals surface area contributed by atoms with Gasteiger partial charge in [-0.15, -0.1) is 0 Å². The Hall–Kier alpha value is -1.62. The zero-order chi connectivity index (χ0) is 16.7. The van der Waals surface area contributed by atoms with Crippen molar-refractivity contribution in [3.63, 3.8) is 0 Å². The third kappa shape index (κ3) is 2.90. The van der Waals surface area contributed by atoms with Crippen molar-refractivity contribution < 1.29 is 4.42 Å². The van der Waals surface area contributed by atoms with E-state index < -0.39 is 0 Å². The first-order valence-electron chi connectivity index (χ1n) is 8.11. The van der Waals surface area contributed by atoms with Crippen LogP contribution < -0.4 is 5.63 Å². The second-order valence-corrected chi connectivity index (χ2v) is 7.56. The number of thiophene rings is 1. The van der Waals surface area contributed by atoms with Gasteiger partial charge in [-0.1, -0.05) is 11.6 Å². The molecule has 3 heterocycles. The van der Waals surface area contributed by atoms with E-state index in [0.29, 0.717) is 16.6 Å². The average molecular weight is 360 g/mol. The van der Waals surface area contributed by atoms with Crippen LogP contribution in [0.5, 0.6) is 0 Å². The first-order valence-corrected chi connectivity index (χ1v) is 9.43. The molecule has 0 aliphatic carbocycles. The minimum Gasteiger partial charge on any atom is -0.423 e. The number of nitrogens with zero attached hydrogens (tertiary/aromatic N) is 1. The Balaban J connectivity index is 1.74. The quantitative estimate of drug-likeness (QED) is 0.606. The van der Waals surface area contributed by atoms with Gasteiger partial charge in [0, 0.05) is 29.1 Å². The summed E-state index contributed by atoms with van der Waals surface area (Å²) >= 11 is 8.03. The van der Waals surface area contributed by atoms with Crippen LogP contribution in [0.2, 0.25) is 5.02 Å². The van der Waals surface area contributed by atoms with Gasteiger partial charge in [-0.2, -0.15) is 11.3 Å². The minimum atomic E-state index is -0.300. The fourth-order valence-corrected chi connectivity index (χ4v) is 4.43. The van der Waals surface area contributed by atoms with Crippen LogP contribution in [0.3, 0.4) is 0 Å². The van der Waals surface area contributed by atoms with E-state index in [9.17, 15) is 4.79 Å². The van der Waals surface area contributed by atoms with Crippen molar-refractivity contribution in [1.29, 1.82) is 0 Å². The largest absolute Gasteiger partial charge is 0.423 e. The highest BCUT2D eigenvalue weighted by Gasteiger charge is 2.27. The molecule has 124 valence electrons. The van der Waals surface area contributed by atoms with E-state index in [2.05, 4.69) is 21.7 Å². The van der Waals surface area contributed by atoms with E-state index in [1.54, 1.807) is 17.4 Å². The fraction of sp³-hybridized carbons (Fsp3) is 0.316. The van der Waals surface area contributed by atoms with Gasteiger partial charge in [-0.25, -0.2) is 4.79 Å².